The average Bonchev–Trinajstić information content (AvgIpc) is 3.44. The summed E-state index contributed by atoms with van der Waals surface area (Å²) < 4.78 is 17.2. The van der Waals surface area contributed by atoms with Crippen molar-refractivity contribution in [3.05, 3.63) is 18.2 Å². The molecule has 1 spiro atoms. The van der Waals surface area contributed by atoms with Crippen LogP contribution in [0.3, 0.4) is 0 Å². The van der Waals surface area contributed by atoms with Gasteiger partial charge in [0.15, 0.2) is 18.1 Å². The molecule has 3 aliphatic carbocycles. The Hall–Kier alpha value is -2.24. The van der Waals surface area contributed by atoms with Crippen molar-refractivity contribution in [1.29, 1.82) is 0 Å². The van der Waals surface area contributed by atoms with Crippen LogP contribution in [0.15, 0.2) is 18.2 Å². The highest BCUT2D eigenvalue weighted by atomic mass is 16.7. The van der Waals surface area contributed by atoms with Crippen LogP contribution in [0.1, 0.15) is 57.8 Å². The predicted octanol–water partition coefficient (Wildman–Crippen LogP) is 4.04. The quantitative estimate of drug-likeness (QED) is 0.775. The van der Waals surface area contributed by atoms with Crippen molar-refractivity contribution in [2.24, 2.45) is 17.8 Å². The summed E-state index contributed by atoms with van der Waals surface area (Å²) in [6.07, 6.45) is 9.40. The molecule has 0 radical (unpaired) electrons. The second kappa shape index (κ2) is 6.98. The lowest BCUT2D eigenvalue weighted by Crippen LogP contribution is -2.34. The van der Waals surface area contributed by atoms with Gasteiger partial charge in [-0.2, -0.15) is 0 Å². The summed E-state index contributed by atoms with van der Waals surface area (Å²) in [5, 5.41) is 2.77. The van der Waals surface area contributed by atoms with Gasteiger partial charge in [0.2, 0.25) is 0 Å². The van der Waals surface area contributed by atoms with Gasteiger partial charge in [0, 0.05) is 31.0 Å². The van der Waals surface area contributed by atoms with Crippen molar-refractivity contribution in [3.63, 3.8) is 0 Å². The van der Waals surface area contributed by atoms with Crippen LogP contribution in [-0.4, -0.2) is 24.3 Å². The molecule has 1 N–H and O–H groups in total. The molecule has 28 heavy (non-hydrogen) atoms. The molecule has 0 aromatic heterocycles. The molecule has 1 aliphatic heterocycles. The number of carbonyl (C=O) groups is 2. The average molecular weight is 385 g/mol. The number of anilines is 1. The third-order valence-electron chi connectivity index (χ3n) is 6.86. The van der Waals surface area contributed by atoms with Gasteiger partial charge in [0.05, 0.1) is 0 Å². The summed E-state index contributed by atoms with van der Waals surface area (Å²) >= 11 is 0. The highest BCUT2D eigenvalue weighted by Crippen LogP contribution is 2.49. The van der Waals surface area contributed by atoms with Gasteiger partial charge >= 0.3 is 5.97 Å². The number of ether oxygens (including phenoxy) is 3. The van der Waals surface area contributed by atoms with Gasteiger partial charge in [-0.1, -0.05) is 6.42 Å². The molecule has 1 amide bonds. The van der Waals surface area contributed by atoms with Crippen LogP contribution >= 0.6 is 0 Å². The largest absolute Gasteiger partial charge is 0.456 e. The number of amides is 1. The standard InChI is InChI=1S/C22H27NO5/c24-20(13-26-21(25)11-16-10-14-3-4-15(16)9-14)23-17-5-6-18-19(12-17)28-22(27-18)7-1-2-8-22/h5-6,12,14-16H,1-4,7-11,13H2,(H,23,24). The number of benzene rings is 1. The smallest absolute Gasteiger partial charge is 0.306 e. The van der Waals surface area contributed by atoms with Crippen LogP contribution in [0.2, 0.25) is 0 Å². The predicted molar refractivity (Wildman–Crippen MR) is 102 cm³/mol. The second-order valence-electron chi connectivity index (χ2n) is 8.83. The monoisotopic (exact) mass is 385 g/mol. The maximum absolute atomic E-state index is 12.2. The Balaban J connectivity index is 1.10. The van der Waals surface area contributed by atoms with E-state index in [-0.39, 0.29) is 18.5 Å². The summed E-state index contributed by atoms with van der Waals surface area (Å²) in [5.41, 5.74) is 0.617. The zero-order valence-corrected chi connectivity index (χ0v) is 16.1. The molecule has 6 heteroatoms. The molecule has 1 aromatic carbocycles. The number of hydrogen-bond acceptors (Lipinski definition) is 5. The summed E-state index contributed by atoms with van der Waals surface area (Å²) in [7, 11) is 0. The maximum Gasteiger partial charge on any atom is 0.306 e. The van der Waals surface area contributed by atoms with Crippen molar-refractivity contribution in [2.75, 3.05) is 11.9 Å². The fraction of sp³-hybridized carbons (Fsp3) is 0.636. The number of nitrogens with one attached hydrogen (secondary N) is 1. The molecule has 1 aromatic rings. The van der Waals surface area contributed by atoms with Crippen LogP contribution < -0.4 is 14.8 Å². The third-order valence-corrected chi connectivity index (χ3v) is 6.86. The van der Waals surface area contributed by atoms with Crippen molar-refractivity contribution in [1.82, 2.24) is 0 Å². The van der Waals surface area contributed by atoms with Gasteiger partial charge in [-0.05, 0) is 62.0 Å². The van der Waals surface area contributed by atoms with Gasteiger partial charge < -0.3 is 19.5 Å². The van der Waals surface area contributed by atoms with E-state index in [1.807, 2.05) is 6.07 Å². The fourth-order valence-electron chi connectivity index (χ4n) is 5.53. The molecule has 3 fully saturated rings. The van der Waals surface area contributed by atoms with E-state index >= 15 is 0 Å². The Morgan fingerprint density at radius 1 is 1.11 bits per heavy atom. The first kappa shape index (κ1) is 17.8. The minimum atomic E-state index is -0.514. The number of hydrogen-bond donors (Lipinski definition) is 1. The number of esters is 1. The maximum atomic E-state index is 12.2. The molecule has 3 saturated carbocycles. The van der Waals surface area contributed by atoms with E-state index in [1.165, 1.54) is 19.3 Å². The lowest BCUT2D eigenvalue weighted by molar-refractivity contribution is -0.148. The third kappa shape index (κ3) is 3.45. The normalized spacial score (nSPS) is 28.6. The van der Waals surface area contributed by atoms with Crippen LogP contribution in [0.4, 0.5) is 5.69 Å². The van der Waals surface area contributed by atoms with E-state index < -0.39 is 5.79 Å². The van der Waals surface area contributed by atoms with Crippen molar-refractivity contribution in [3.8, 4) is 11.5 Å². The fourth-order valence-corrected chi connectivity index (χ4v) is 5.53. The number of rotatable bonds is 5. The lowest BCUT2D eigenvalue weighted by Gasteiger charge is -2.21. The van der Waals surface area contributed by atoms with Crippen molar-refractivity contribution in [2.45, 2.75) is 63.6 Å². The van der Waals surface area contributed by atoms with Crippen LogP contribution in [0.25, 0.3) is 0 Å². The molecule has 4 aliphatic rings. The summed E-state index contributed by atoms with van der Waals surface area (Å²) in [6, 6.07) is 5.38. The molecular formula is C22H27NO5. The number of carbonyl (C=O) groups excluding carboxylic acids is 2. The van der Waals surface area contributed by atoms with Gasteiger partial charge in [0.25, 0.3) is 11.7 Å². The van der Waals surface area contributed by atoms with E-state index in [0.717, 1.165) is 43.8 Å². The van der Waals surface area contributed by atoms with E-state index in [0.29, 0.717) is 29.7 Å². The first-order valence-corrected chi connectivity index (χ1v) is 10.6. The first-order valence-electron chi connectivity index (χ1n) is 10.6. The van der Waals surface area contributed by atoms with Gasteiger partial charge in [-0.25, -0.2) is 0 Å². The van der Waals surface area contributed by atoms with Crippen molar-refractivity contribution < 1.29 is 23.8 Å². The van der Waals surface area contributed by atoms with Crippen molar-refractivity contribution >= 4 is 17.6 Å². The zero-order valence-electron chi connectivity index (χ0n) is 16.1. The zero-order chi connectivity index (χ0) is 19.1. The molecule has 3 unspecified atom stereocenters. The van der Waals surface area contributed by atoms with E-state index in [4.69, 9.17) is 14.2 Å². The minimum absolute atomic E-state index is 0.252. The second-order valence-corrected chi connectivity index (χ2v) is 8.83. The molecule has 1 heterocycles. The Bertz CT molecular complexity index is 785. The Kier molecular flexibility index (Phi) is 4.44. The Labute approximate surface area is 164 Å². The van der Waals surface area contributed by atoms with E-state index in [9.17, 15) is 9.59 Å². The first-order chi connectivity index (χ1) is 13.6. The molecular weight excluding hydrogens is 358 g/mol. The number of fused-ring (bicyclic) bond motifs is 3. The molecule has 0 saturated heterocycles. The Morgan fingerprint density at radius 3 is 2.68 bits per heavy atom. The van der Waals surface area contributed by atoms with E-state index in [2.05, 4.69) is 5.32 Å². The molecule has 3 atom stereocenters. The van der Waals surface area contributed by atoms with Crippen LogP contribution in [0.5, 0.6) is 11.5 Å². The van der Waals surface area contributed by atoms with Crippen LogP contribution in [0, 0.1) is 17.8 Å². The summed E-state index contributed by atoms with van der Waals surface area (Å²) in [6.45, 7) is -0.252. The van der Waals surface area contributed by atoms with Gasteiger partial charge in [-0.3, -0.25) is 9.59 Å². The molecule has 6 nitrogen and oxygen atoms in total. The summed E-state index contributed by atoms with van der Waals surface area (Å²) in [4.78, 5) is 24.3. The lowest BCUT2D eigenvalue weighted by atomic mass is 9.86. The highest BCUT2D eigenvalue weighted by molar-refractivity contribution is 5.93. The highest BCUT2D eigenvalue weighted by Gasteiger charge is 2.44. The Morgan fingerprint density at radius 2 is 1.93 bits per heavy atom. The molecule has 150 valence electrons. The SMILES string of the molecule is O=C(COC(=O)CC1CC2CCC1C2)Nc1ccc2c(c1)OC1(CCCC1)O2. The molecule has 2 bridgehead atoms. The minimum Gasteiger partial charge on any atom is -0.456 e. The molecule has 5 rings (SSSR count). The summed E-state index contributed by atoms with van der Waals surface area (Å²) in [5.74, 6) is 2.21. The van der Waals surface area contributed by atoms with E-state index in [1.54, 1.807) is 12.1 Å². The van der Waals surface area contributed by atoms with Gasteiger partial charge in [0.1, 0.15) is 0 Å². The topological polar surface area (TPSA) is 73.9 Å². The van der Waals surface area contributed by atoms with Gasteiger partial charge in [-0.15, -0.1) is 0 Å². The van der Waals surface area contributed by atoms with Crippen LogP contribution in [-0.2, 0) is 14.3 Å².